The van der Waals surface area contributed by atoms with E-state index < -0.39 is 0 Å². The highest BCUT2D eigenvalue weighted by atomic mass is 79.9. The second-order valence-corrected chi connectivity index (χ2v) is 5.66. The lowest BCUT2D eigenvalue weighted by Crippen LogP contribution is -2.17. The fraction of sp³-hybridized carbons (Fsp3) is 0.176. The maximum atomic E-state index is 12.0. The first-order valence-electron chi connectivity index (χ1n) is 6.86. The van der Waals surface area contributed by atoms with Gasteiger partial charge in [0.2, 0.25) is 0 Å². The Morgan fingerprint density at radius 2 is 1.87 bits per heavy atom. The van der Waals surface area contributed by atoms with Crippen molar-refractivity contribution in [1.29, 1.82) is 0 Å². The Kier molecular flexibility index (Phi) is 5.76. The van der Waals surface area contributed by atoms with E-state index in [1.54, 1.807) is 38.6 Å². The smallest absolute Gasteiger partial charge is 0.271 e. The minimum absolute atomic E-state index is 0.263. The van der Waals surface area contributed by atoms with Gasteiger partial charge in [0.25, 0.3) is 5.91 Å². The fourth-order valence-corrected chi connectivity index (χ4v) is 2.57. The Morgan fingerprint density at radius 3 is 2.48 bits per heavy atom. The number of nitrogens with zero attached hydrogens (tertiary/aromatic N) is 1. The van der Waals surface area contributed by atoms with E-state index in [-0.39, 0.29) is 5.91 Å². The third-order valence-electron chi connectivity index (χ3n) is 3.15. The molecule has 2 aromatic rings. The SMILES string of the molecule is COc1cc(C=NNC(=O)c2ccc(C)cc2)cc(Br)c1OC. The molecule has 2 rings (SSSR count). The average Bonchev–Trinajstić information content (AvgIpc) is 2.54. The number of ether oxygens (including phenoxy) is 2. The van der Waals surface area contributed by atoms with Crippen LogP contribution in [0.2, 0.25) is 0 Å². The molecule has 0 bridgehead atoms. The van der Waals surface area contributed by atoms with Gasteiger partial charge in [0.15, 0.2) is 11.5 Å². The molecule has 1 N–H and O–H groups in total. The Morgan fingerprint density at radius 1 is 1.17 bits per heavy atom. The van der Waals surface area contributed by atoms with Crippen molar-refractivity contribution >= 4 is 28.1 Å². The molecule has 1 amide bonds. The van der Waals surface area contributed by atoms with E-state index in [1.807, 2.05) is 25.1 Å². The van der Waals surface area contributed by atoms with Crippen LogP contribution in [0.15, 0.2) is 46.0 Å². The van der Waals surface area contributed by atoms with E-state index in [1.165, 1.54) is 0 Å². The maximum Gasteiger partial charge on any atom is 0.271 e. The number of hydrazone groups is 1. The maximum absolute atomic E-state index is 12.0. The van der Waals surface area contributed by atoms with Crippen LogP contribution in [-0.2, 0) is 0 Å². The van der Waals surface area contributed by atoms with Crippen LogP contribution in [0.25, 0.3) is 0 Å². The molecule has 0 aliphatic heterocycles. The summed E-state index contributed by atoms with van der Waals surface area (Å²) < 4.78 is 11.2. The zero-order valence-electron chi connectivity index (χ0n) is 13.1. The van der Waals surface area contributed by atoms with Crippen molar-refractivity contribution in [2.75, 3.05) is 14.2 Å². The first-order valence-corrected chi connectivity index (χ1v) is 7.66. The number of amides is 1. The molecule has 23 heavy (non-hydrogen) atoms. The van der Waals surface area contributed by atoms with E-state index in [0.29, 0.717) is 17.1 Å². The van der Waals surface area contributed by atoms with Crippen molar-refractivity contribution in [3.63, 3.8) is 0 Å². The molecular formula is C17H17BrN2O3. The minimum atomic E-state index is -0.263. The van der Waals surface area contributed by atoms with Crippen LogP contribution in [0.1, 0.15) is 21.5 Å². The monoisotopic (exact) mass is 376 g/mol. The zero-order valence-corrected chi connectivity index (χ0v) is 14.7. The summed E-state index contributed by atoms with van der Waals surface area (Å²) in [7, 11) is 3.13. The summed E-state index contributed by atoms with van der Waals surface area (Å²) in [5.41, 5.74) is 4.91. The van der Waals surface area contributed by atoms with Crippen molar-refractivity contribution in [3.8, 4) is 11.5 Å². The standard InChI is InChI=1S/C17H17BrN2O3/c1-11-4-6-13(7-5-11)17(21)20-19-10-12-8-14(18)16(23-3)15(9-12)22-2/h4-10H,1-3H3,(H,20,21). The number of nitrogens with one attached hydrogen (secondary N) is 1. The van der Waals surface area contributed by atoms with Crippen LogP contribution in [0.5, 0.6) is 11.5 Å². The summed E-state index contributed by atoms with van der Waals surface area (Å²) >= 11 is 3.41. The molecule has 0 aromatic heterocycles. The molecule has 0 spiro atoms. The molecule has 5 nitrogen and oxygen atoms in total. The van der Waals surface area contributed by atoms with Gasteiger partial charge in [-0.3, -0.25) is 4.79 Å². The number of hydrogen-bond acceptors (Lipinski definition) is 4. The highest BCUT2D eigenvalue weighted by Crippen LogP contribution is 2.35. The molecule has 120 valence electrons. The highest BCUT2D eigenvalue weighted by molar-refractivity contribution is 9.10. The summed E-state index contributed by atoms with van der Waals surface area (Å²) in [6.07, 6.45) is 1.54. The predicted octanol–water partition coefficient (Wildman–Crippen LogP) is 3.54. The van der Waals surface area contributed by atoms with E-state index in [2.05, 4.69) is 26.5 Å². The van der Waals surface area contributed by atoms with Gasteiger partial charge >= 0.3 is 0 Å². The van der Waals surface area contributed by atoms with E-state index >= 15 is 0 Å². The second-order valence-electron chi connectivity index (χ2n) is 4.80. The second kappa shape index (κ2) is 7.78. The van der Waals surface area contributed by atoms with Crippen molar-refractivity contribution in [2.45, 2.75) is 6.92 Å². The Balaban J connectivity index is 2.10. The van der Waals surface area contributed by atoms with Gasteiger partial charge in [-0.15, -0.1) is 0 Å². The number of rotatable bonds is 5. The molecule has 0 saturated heterocycles. The quantitative estimate of drug-likeness (QED) is 0.641. The lowest BCUT2D eigenvalue weighted by molar-refractivity contribution is 0.0955. The average molecular weight is 377 g/mol. The first-order chi connectivity index (χ1) is 11.0. The van der Waals surface area contributed by atoms with Crippen molar-refractivity contribution in [3.05, 3.63) is 57.6 Å². The highest BCUT2D eigenvalue weighted by Gasteiger charge is 2.09. The Labute approximate surface area is 143 Å². The van der Waals surface area contributed by atoms with Gasteiger partial charge in [0.05, 0.1) is 24.9 Å². The number of halogens is 1. The molecule has 0 fully saturated rings. The Hall–Kier alpha value is -2.34. The number of methoxy groups -OCH3 is 2. The topological polar surface area (TPSA) is 59.9 Å². The first kappa shape index (κ1) is 17.0. The molecule has 0 aliphatic rings. The lowest BCUT2D eigenvalue weighted by Gasteiger charge is -2.10. The van der Waals surface area contributed by atoms with E-state index in [9.17, 15) is 4.79 Å². The van der Waals surface area contributed by atoms with Gasteiger partial charge in [-0.2, -0.15) is 5.10 Å². The number of hydrogen-bond donors (Lipinski definition) is 1. The molecule has 2 aromatic carbocycles. The molecular weight excluding hydrogens is 360 g/mol. The summed E-state index contributed by atoms with van der Waals surface area (Å²) in [6.45, 7) is 1.97. The van der Waals surface area contributed by atoms with Crippen molar-refractivity contribution in [1.82, 2.24) is 5.43 Å². The number of carbonyl (C=O) groups is 1. The predicted molar refractivity (Wildman–Crippen MR) is 93.5 cm³/mol. The van der Waals surface area contributed by atoms with Crippen LogP contribution in [0.4, 0.5) is 0 Å². The van der Waals surface area contributed by atoms with Gasteiger partial charge in [0.1, 0.15) is 0 Å². The third kappa shape index (κ3) is 4.32. The molecule has 0 unspecified atom stereocenters. The lowest BCUT2D eigenvalue weighted by atomic mass is 10.1. The van der Waals surface area contributed by atoms with E-state index in [0.717, 1.165) is 15.6 Å². The van der Waals surface area contributed by atoms with Gasteiger partial charge in [0, 0.05) is 5.56 Å². The molecule has 0 heterocycles. The number of carbonyl (C=O) groups excluding carboxylic acids is 1. The molecule has 0 saturated carbocycles. The molecule has 0 atom stereocenters. The number of benzene rings is 2. The third-order valence-corrected chi connectivity index (χ3v) is 3.74. The van der Waals surface area contributed by atoms with Gasteiger partial charge < -0.3 is 9.47 Å². The number of aryl methyl sites for hydroxylation is 1. The summed E-state index contributed by atoms with van der Waals surface area (Å²) in [5, 5.41) is 3.97. The van der Waals surface area contributed by atoms with Crippen LogP contribution in [0, 0.1) is 6.92 Å². The Bertz CT molecular complexity index is 727. The summed E-state index contributed by atoms with van der Waals surface area (Å²) in [5.74, 6) is 0.919. The van der Waals surface area contributed by atoms with Gasteiger partial charge in [-0.25, -0.2) is 5.43 Å². The zero-order chi connectivity index (χ0) is 16.8. The van der Waals surface area contributed by atoms with Crippen molar-refractivity contribution < 1.29 is 14.3 Å². The van der Waals surface area contributed by atoms with Gasteiger partial charge in [-0.05, 0) is 52.7 Å². The van der Waals surface area contributed by atoms with Crippen LogP contribution in [0.3, 0.4) is 0 Å². The summed E-state index contributed by atoms with van der Waals surface area (Å²) in [4.78, 5) is 12.0. The van der Waals surface area contributed by atoms with E-state index in [4.69, 9.17) is 9.47 Å². The fourth-order valence-electron chi connectivity index (χ4n) is 1.95. The van der Waals surface area contributed by atoms with Crippen molar-refractivity contribution in [2.24, 2.45) is 5.10 Å². The molecule has 0 radical (unpaired) electrons. The van der Waals surface area contributed by atoms with Crippen LogP contribution < -0.4 is 14.9 Å². The molecule has 0 aliphatic carbocycles. The van der Waals surface area contributed by atoms with Crippen LogP contribution >= 0.6 is 15.9 Å². The minimum Gasteiger partial charge on any atom is -0.493 e. The van der Waals surface area contributed by atoms with Gasteiger partial charge in [-0.1, -0.05) is 17.7 Å². The molecule has 6 heteroatoms. The largest absolute Gasteiger partial charge is 0.493 e. The normalized spacial score (nSPS) is 10.6. The van der Waals surface area contributed by atoms with Crippen LogP contribution in [-0.4, -0.2) is 26.3 Å². The summed E-state index contributed by atoms with van der Waals surface area (Å²) in [6, 6.07) is 10.9.